The highest BCUT2D eigenvalue weighted by molar-refractivity contribution is 9.10. The largest absolute Gasteiger partial charge is 0.492 e. The van der Waals surface area contributed by atoms with E-state index < -0.39 is 0 Å². The minimum Gasteiger partial charge on any atom is -0.492 e. The Morgan fingerprint density at radius 1 is 1.12 bits per heavy atom. The Hall–Kier alpha value is -2.71. The molecule has 0 aromatic heterocycles. The Kier molecular flexibility index (Phi) is 8.50. The number of fused-ring (bicyclic) bond motifs is 2. The molecule has 2 heterocycles. The number of benzene rings is 3. The summed E-state index contributed by atoms with van der Waals surface area (Å²) in [5.74, 6) is 0.333. The molecule has 3 aromatic carbocycles. The molecule has 41 heavy (non-hydrogen) atoms. The molecule has 2 aliphatic heterocycles. The zero-order valence-electron chi connectivity index (χ0n) is 22.8. The average molecular weight is 639 g/mol. The number of carbonyl (C=O) groups excluding carboxylic acids is 1. The van der Waals surface area contributed by atoms with Crippen molar-refractivity contribution >= 4 is 33.4 Å². The number of halogens is 3. The maximum absolute atomic E-state index is 13.8. The summed E-state index contributed by atoms with van der Waals surface area (Å²) in [5.41, 5.74) is 4.05. The van der Waals surface area contributed by atoms with Gasteiger partial charge >= 0.3 is 0 Å². The zero-order chi connectivity index (χ0) is 28.4. The molecule has 8 heteroatoms. The van der Waals surface area contributed by atoms with E-state index in [1.54, 1.807) is 6.07 Å². The van der Waals surface area contributed by atoms with Gasteiger partial charge in [0, 0.05) is 42.3 Å². The van der Waals surface area contributed by atoms with Crippen LogP contribution in [0.3, 0.4) is 0 Å². The number of nitrogens with zero attached hydrogens (tertiary/aromatic N) is 1. The highest BCUT2D eigenvalue weighted by atomic mass is 79.9. The van der Waals surface area contributed by atoms with Gasteiger partial charge in [-0.1, -0.05) is 60.1 Å². The number of ether oxygens (including phenoxy) is 1. The molecule has 2 N–H and O–H groups in total. The molecule has 2 unspecified atom stereocenters. The maximum Gasteiger partial charge on any atom is 0.251 e. The molecule has 3 aromatic rings. The summed E-state index contributed by atoms with van der Waals surface area (Å²) < 4.78 is 20.0. The normalized spacial score (nSPS) is 21.7. The van der Waals surface area contributed by atoms with Gasteiger partial charge < -0.3 is 15.0 Å². The van der Waals surface area contributed by atoms with Gasteiger partial charge in [0.25, 0.3) is 5.91 Å². The van der Waals surface area contributed by atoms with Gasteiger partial charge in [0.1, 0.15) is 11.6 Å². The quantitative estimate of drug-likeness (QED) is 0.248. The zero-order valence-corrected chi connectivity index (χ0v) is 25.2. The Morgan fingerprint density at radius 3 is 2.71 bits per heavy atom. The van der Waals surface area contributed by atoms with Crippen LogP contribution in [-0.4, -0.2) is 42.6 Å². The van der Waals surface area contributed by atoms with Gasteiger partial charge in [0.2, 0.25) is 0 Å². The van der Waals surface area contributed by atoms with Crippen LogP contribution in [-0.2, 0) is 23.3 Å². The first-order valence-electron chi connectivity index (χ1n) is 14.3. The summed E-state index contributed by atoms with van der Waals surface area (Å²) in [6, 6.07) is 21.2. The molecular weight excluding hydrogens is 605 g/mol. The lowest BCUT2D eigenvalue weighted by atomic mass is 9.78. The maximum atomic E-state index is 13.8. The van der Waals surface area contributed by atoms with E-state index >= 15 is 0 Å². The molecule has 3 aliphatic rings. The van der Waals surface area contributed by atoms with Crippen molar-refractivity contribution in [1.29, 1.82) is 0 Å². The molecule has 214 valence electrons. The molecule has 2 atom stereocenters. The minimum absolute atomic E-state index is 0.0449. The second-order valence-corrected chi connectivity index (χ2v) is 12.5. The predicted molar refractivity (Wildman–Crippen MR) is 164 cm³/mol. The number of hydrogen-bond donors (Lipinski definition) is 2. The summed E-state index contributed by atoms with van der Waals surface area (Å²) in [4.78, 5) is 15.9. The van der Waals surface area contributed by atoms with Crippen molar-refractivity contribution in [2.24, 2.45) is 0 Å². The number of piperazine rings is 1. The molecule has 2 fully saturated rings. The van der Waals surface area contributed by atoms with Crippen molar-refractivity contribution in [3.8, 4) is 5.75 Å². The van der Waals surface area contributed by atoms with E-state index in [2.05, 4.69) is 56.9 Å². The first-order valence-corrected chi connectivity index (χ1v) is 15.5. The number of amides is 1. The van der Waals surface area contributed by atoms with Crippen LogP contribution < -0.4 is 15.4 Å². The monoisotopic (exact) mass is 637 g/mol. The summed E-state index contributed by atoms with van der Waals surface area (Å²) in [5, 5.41) is 8.14. The van der Waals surface area contributed by atoms with Crippen molar-refractivity contribution < 1.29 is 13.9 Å². The van der Waals surface area contributed by atoms with Gasteiger partial charge in [0.15, 0.2) is 0 Å². The molecule has 6 rings (SSSR count). The molecule has 0 spiro atoms. The molecule has 1 aliphatic carbocycles. The predicted octanol–water partition coefficient (Wildman–Crippen LogP) is 6.53. The lowest BCUT2D eigenvalue weighted by molar-refractivity contribution is -0.129. The highest BCUT2D eigenvalue weighted by Crippen LogP contribution is 2.37. The second kappa shape index (κ2) is 12.3. The Labute approximate surface area is 254 Å². The lowest BCUT2D eigenvalue weighted by Crippen LogP contribution is -2.65. The smallest absolute Gasteiger partial charge is 0.251 e. The Balaban J connectivity index is 1.10. The van der Waals surface area contributed by atoms with E-state index in [0.717, 1.165) is 60.8 Å². The first kappa shape index (κ1) is 28.4. The van der Waals surface area contributed by atoms with Crippen LogP contribution in [0.2, 0.25) is 5.02 Å². The third kappa shape index (κ3) is 6.38. The van der Waals surface area contributed by atoms with E-state index in [-0.39, 0.29) is 29.3 Å². The van der Waals surface area contributed by atoms with Gasteiger partial charge in [-0.3, -0.25) is 10.1 Å². The van der Waals surface area contributed by atoms with Crippen molar-refractivity contribution in [2.45, 2.75) is 56.3 Å². The van der Waals surface area contributed by atoms with Gasteiger partial charge in [-0.05, 0) is 82.9 Å². The number of carbonyl (C=O) groups is 1. The standard InChI is InChI=1S/C33H34BrClFN3O2/c34-28-14-11-25(36)18-31(28)41-17-3-4-22-7-9-24(10-8-22)33-16-15-27(30(38-33)19-37-21-33)32(40)39(26-12-13-26)20-23-5-1-2-6-29(23)35/h1-2,5-11,14-15,18,26,30,37-38H,3-4,12-13,16-17,19-21H2. The van der Waals surface area contributed by atoms with Crippen LogP contribution in [0.5, 0.6) is 5.75 Å². The van der Waals surface area contributed by atoms with Crippen LogP contribution >= 0.6 is 27.5 Å². The molecular formula is C33H34BrClFN3O2. The van der Waals surface area contributed by atoms with E-state index in [4.69, 9.17) is 16.3 Å². The van der Waals surface area contributed by atoms with Gasteiger partial charge in [-0.25, -0.2) is 4.39 Å². The summed E-state index contributed by atoms with van der Waals surface area (Å²) >= 11 is 9.85. The van der Waals surface area contributed by atoms with Crippen molar-refractivity contribution in [2.75, 3.05) is 19.7 Å². The van der Waals surface area contributed by atoms with Crippen molar-refractivity contribution in [3.63, 3.8) is 0 Å². The van der Waals surface area contributed by atoms with Crippen LogP contribution in [0, 0.1) is 5.82 Å². The van der Waals surface area contributed by atoms with Crippen LogP contribution in [0.1, 0.15) is 42.4 Å². The third-order valence-electron chi connectivity index (χ3n) is 8.33. The lowest BCUT2D eigenvalue weighted by Gasteiger charge is -2.47. The van der Waals surface area contributed by atoms with Gasteiger partial charge in [0.05, 0.1) is 22.7 Å². The van der Waals surface area contributed by atoms with E-state index in [1.807, 2.05) is 29.2 Å². The summed E-state index contributed by atoms with van der Waals surface area (Å²) in [6.45, 7) is 2.58. The average Bonchev–Trinajstić information content (AvgIpc) is 3.82. The second-order valence-electron chi connectivity index (χ2n) is 11.3. The fraction of sp³-hybridized carbons (Fsp3) is 0.364. The van der Waals surface area contributed by atoms with Crippen LogP contribution in [0.4, 0.5) is 4.39 Å². The SMILES string of the molecule is O=C(C1=CCC2(c3ccc(CCCOc4cc(F)ccc4Br)cc3)CNCC1N2)N(Cc1ccccc1Cl)C1CC1. The third-order valence-corrected chi connectivity index (χ3v) is 9.36. The minimum atomic E-state index is -0.308. The first-order chi connectivity index (χ1) is 19.9. The molecule has 5 nitrogen and oxygen atoms in total. The number of hydrogen-bond acceptors (Lipinski definition) is 4. The van der Waals surface area contributed by atoms with Crippen molar-refractivity contribution in [1.82, 2.24) is 15.5 Å². The molecule has 1 amide bonds. The van der Waals surface area contributed by atoms with Gasteiger partial charge in [-0.2, -0.15) is 0 Å². The van der Waals surface area contributed by atoms with E-state index in [1.165, 1.54) is 23.3 Å². The topological polar surface area (TPSA) is 53.6 Å². The van der Waals surface area contributed by atoms with Gasteiger partial charge in [-0.15, -0.1) is 0 Å². The Bertz CT molecular complexity index is 1440. The molecule has 0 radical (unpaired) electrons. The number of aryl methyl sites for hydroxylation is 1. The van der Waals surface area contributed by atoms with Crippen molar-refractivity contribution in [3.05, 3.63) is 110 Å². The van der Waals surface area contributed by atoms with E-state index in [0.29, 0.717) is 23.9 Å². The number of nitrogens with one attached hydrogen (secondary N) is 2. The molecule has 1 saturated heterocycles. The van der Waals surface area contributed by atoms with Crippen LogP contribution in [0.15, 0.2) is 82.9 Å². The molecule has 1 saturated carbocycles. The number of rotatable bonds is 10. The summed E-state index contributed by atoms with van der Waals surface area (Å²) in [7, 11) is 0. The summed E-state index contributed by atoms with van der Waals surface area (Å²) in [6.07, 6.45) is 6.71. The molecule has 2 bridgehead atoms. The highest BCUT2D eigenvalue weighted by Gasteiger charge is 2.44. The Morgan fingerprint density at radius 2 is 1.93 bits per heavy atom. The van der Waals surface area contributed by atoms with Crippen LogP contribution in [0.25, 0.3) is 0 Å². The fourth-order valence-corrected chi connectivity index (χ4v) is 6.47. The fourth-order valence-electron chi connectivity index (χ4n) is 5.92. The van der Waals surface area contributed by atoms with E-state index in [9.17, 15) is 9.18 Å².